The number of hydrogen-bond acceptors (Lipinski definition) is 5. The molecule has 0 fully saturated rings. The number of nitrogens with zero attached hydrogens (tertiary/aromatic N) is 2. The van der Waals surface area contributed by atoms with Crippen molar-refractivity contribution in [3.8, 4) is 0 Å². The van der Waals surface area contributed by atoms with Crippen LogP contribution in [0.2, 0.25) is 0 Å². The molecule has 7 nitrogen and oxygen atoms in total. The Kier molecular flexibility index (Phi) is 4.30. The van der Waals surface area contributed by atoms with Crippen LogP contribution in [0.25, 0.3) is 0 Å². The molecule has 7 heteroatoms. The quantitative estimate of drug-likeness (QED) is 0.485. The molecule has 0 saturated carbocycles. The van der Waals surface area contributed by atoms with Crippen molar-refractivity contribution in [2.24, 2.45) is 5.92 Å². The van der Waals surface area contributed by atoms with Crippen LogP contribution in [0.3, 0.4) is 0 Å². The van der Waals surface area contributed by atoms with Crippen LogP contribution in [0.15, 0.2) is 30.4 Å². The minimum absolute atomic E-state index is 0.0302. The van der Waals surface area contributed by atoms with Crippen LogP contribution in [-0.4, -0.2) is 34.7 Å². The molecular weight excluding hydrogens is 288 g/mol. The Morgan fingerprint density at radius 2 is 2.18 bits per heavy atom. The summed E-state index contributed by atoms with van der Waals surface area (Å²) in [6.07, 6.45) is 3.72. The summed E-state index contributed by atoms with van der Waals surface area (Å²) in [5, 5.41) is 30.7. The number of anilines is 1. The third kappa shape index (κ3) is 2.38. The molecule has 1 aliphatic rings. The van der Waals surface area contributed by atoms with Gasteiger partial charge in [-0.05, 0) is 12.5 Å². The van der Waals surface area contributed by atoms with E-state index in [4.69, 9.17) is 5.11 Å². The van der Waals surface area contributed by atoms with Crippen LogP contribution in [-0.2, 0) is 10.4 Å². The standard InChI is InChI=1S/C15H18N2O5/c1-10(5-3-4-8-18)15(20)12-9-11(17(21)22)6-7-13(12)16(2)14(15)19/h3,5-7,9-10,18,20H,4,8H2,1-2H3/b5-3+/t10-,15+/m0/s1. The maximum atomic E-state index is 12.5. The van der Waals surface area contributed by atoms with Crippen LogP contribution in [0.5, 0.6) is 0 Å². The van der Waals surface area contributed by atoms with Crippen molar-refractivity contribution in [1.82, 2.24) is 0 Å². The molecule has 2 rings (SSSR count). The Balaban J connectivity index is 2.51. The summed E-state index contributed by atoms with van der Waals surface area (Å²) in [7, 11) is 1.52. The number of benzene rings is 1. The summed E-state index contributed by atoms with van der Waals surface area (Å²) >= 11 is 0. The van der Waals surface area contributed by atoms with Gasteiger partial charge in [0.2, 0.25) is 0 Å². The minimum atomic E-state index is -1.85. The molecule has 0 saturated heterocycles. The van der Waals surface area contributed by atoms with Crippen LogP contribution in [0, 0.1) is 16.0 Å². The van der Waals surface area contributed by atoms with Crippen molar-refractivity contribution in [3.05, 3.63) is 46.0 Å². The van der Waals surface area contributed by atoms with Crippen LogP contribution < -0.4 is 4.90 Å². The minimum Gasteiger partial charge on any atom is -0.396 e. The molecule has 1 aromatic carbocycles. The van der Waals surface area contributed by atoms with Gasteiger partial charge < -0.3 is 15.1 Å². The maximum Gasteiger partial charge on any atom is 0.269 e. The normalized spacial score (nSPS) is 22.2. The molecule has 1 aliphatic heterocycles. The van der Waals surface area contributed by atoms with Crippen LogP contribution >= 0.6 is 0 Å². The van der Waals surface area contributed by atoms with Gasteiger partial charge in [-0.1, -0.05) is 19.1 Å². The van der Waals surface area contributed by atoms with E-state index in [0.717, 1.165) is 0 Å². The number of hydrogen-bond donors (Lipinski definition) is 2. The number of non-ortho nitro benzene ring substituents is 1. The highest BCUT2D eigenvalue weighted by atomic mass is 16.6. The number of amides is 1. The molecule has 0 unspecified atom stereocenters. The molecule has 0 spiro atoms. The van der Waals surface area contributed by atoms with Gasteiger partial charge in [0.25, 0.3) is 11.6 Å². The second kappa shape index (κ2) is 5.86. The number of aliphatic hydroxyl groups is 2. The molecule has 1 aromatic rings. The van der Waals surface area contributed by atoms with Gasteiger partial charge >= 0.3 is 0 Å². The van der Waals surface area contributed by atoms with Gasteiger partial charge in [-0.2, -0.15) is 0 Å². The average Bonchev–Trinajstić information content (AvgIpc) is 2.70. The third-order valence-corrected chi connectivity index (χ3v) is 3.97. The van der Waals surface area contributed by atoms with Gasteiger partial charge in [0.1, 0.15) is 0 Å². The molecule has 118 valence electrons. The number of rotatable bonds is 5. The van der Waals surface area contributed by atoms with Gasteiger partial charge in [-0.15, -0.1) is 0 Å². The van der Waals surface area contributed by atoms with E-state index < -0.39 is 22.3 Å². The number of nitro groups is 1. The summed E-state index contributed by atoms with van der Waals surface area (Å²) in [6.45, 7) is 1.63. The fourth-order valence-electron chi connectivity index (χ4n) is 2.67. The highest BCUT2D eigenvalue weighted by molar-refractivity contribution is 6.07. The van der Waals surface area contributed by atoms with Crippen molar-refractivity contribution < 1.29 is 19.9 Å². The lowest BCUT2D eigenvalue weighted by molar-refractivity contribution is -0.385. The third-order valence-electron chi connectivity index (χ3n) is 3.97. The molecule has 2 atom stereocenters. The van der Waals surface area contributed by atoms with E-state index in [1.165, 1.54) is 30.1 Å². The number of likely N-dealkylation sites (N-methyl/N-ethyl adjacent to an activating group) is 1. The highest BCUT2D eigenvalue weighted by Gasteiger charge is 2.51. The Hall–Kier alpha value is -2.25. The zero-order valence-electron chi connectivity index (χ0n) is 12.4. The molecule has 0 radical (unpaired) electrons. The molecule has 22 heavy (non-hydrogen) atoms. The van der Waals surface area contributed by atoms with E-state index in [1.807, 2.05) is 0 Å². The lowest BCUT2D eigenvalue weighted by Gasteiger charge is -2.26. The Labute approximate surface area is 127 Å². The molecule has 1 heterocycles. The summed E-state index contributed by atoms with van der Waals surface area (Å²) < 4.78 is 0. The fraction of sp³-hybridized carbons (Fsp3) is 0.400. The Morgan fingerprint density at radius 3 is 2.77 bits per heavy atom. The van der Waals surface area contributed by atoms with E-state index in [2.05, 4.69) is 0 Å². The molecule has 0 aliphatic carbocycles. The molecule has 0 bridgehead atoms. The smallest absolute Gasteiger partial charge is 0.269 e. The predicted octanol–water partition coefficient (Wildman–Crippen LogP) is 1.33. The van der Waals surface area contributed by atoms with Crippen LogP contribution in [0.4, 0.5) is 11.4 Å². The van der Waals surface area contributed by atoms with Crippen molar-refractivity contribution in [2.75, 3.05) is 18.6 Å². The van der Waals surface area contributed by atoms with Crippen molar-refractivity contribution in [3.63, 3.8) is 0 Å². The Morgan fingerprint density at radius 1 is 1.50 bits per heavy atom. The maximum absolute atomic E-state index is 12.5. The average molecular weight is 306 g/mol. The first-order chi connectivity index (χ1) is 10.3. The number of nitro benzene ring substituents is 1. The van der Waals surface area contributed by atoms with E-state index >= 15 is 0 Å². The topological polar surface area (TPSA) is 104 Å². The first kappa shape index (κ1) is 16.1. The van der Waals surface area contributed by atoms with Crippen LogP contribution in [0.1, 0.15) is 18.9 Å². The van der Waals surface area contributed by atoms with Crippen molar-refractivity contribution in [1.29, 1.82) is 0 Å². The van der Waals surface area contributed by atoms with Gasteiger partial charge in [0, 0.05) is 37.3 Å². The largest absolute Gasteiger partial charge is 0.396 e. The van der Waals surface area contributed by atoms with Gasteiger partial charge in [-0.25, -0.2) is 0 Å². The first-order valence-electron chi connectivity index (χ1n) is 6.91. The van der Waals surface area contributed by atoms with E-state index in [1.54, 1.807) is 19.1 Å². The van der Waals surface area contributed by atoms with Gasteiger partial charge in [0.15, 0.2) is 5.60 Å². The van der Waals surface area contributed by atoms with Gasteiger partial charge in [0.05, 0.1) is 10.6 Å². The second-order valence-electron chi connectivity index (χ2n) is 5.32. The van der Waals surface area contributed by atoms with Crippen molar-refractivity contribution in [2.45, 2.75) is 18.9 Å². The zero-order valence-corrected chi connectivity index (χ0v) is 12.4. The van der Waals surface area contributed by atoms with Gasteiger partial charge in [-0.3, -0.25) is 14.9 Å². The molecule has 2 N–H and O–H groups in total. The SMILES string of the molecule is C[C@@H](/C=C/CCO)[C@]1(O)C(=O)N(C)c2ccc([N+](=O)[O-])cc21. The lowest BCUT2D eigenvalue weighted by atomic mass is 9.82. The van der Waals surface area contributed by atoms with Crippen molar-refractivity contribution >= 4 is 17.3 Å². The lowest BCUT2D eigenvalue weighted by Crippen LogP contribution is -2.43. The van der Waals surface area contributed by atoms with E-state index in [-0.39, 0.29) is 17.9 Å². The summed E-state index contributed by atoms with van der Waals surface area (Å²) in [6, 6.07) is 4.02. The monoisotopic (exact) mass is 306 g/mol. The zero-order chi connectivity index (χ0) is 16.5. The van der Waals surface area contributed by atoms with E-state index in [0.29, 0.717) is 12.1 Å². The number of carbonyl (C=O) groups is 1. The summed E-state index contributed by atoms with van der Waals surface area (Å²) in [5.41, 5.74) is -1.33. The predicted molar refractivity (Wildman–Crippen MR) is 80.4 cm³/mol. The molecular formula is C15H18N2O5. The molecule has 1 amide bonds. The number of fused-ring (bicyclic) bond motifs is 1. The second-order valence-corrected chi connectivity index (χ2v) is 5.32. The Bertz CT molecular complexity index is 643. The fourth-order valence-corrected chi connectivity index (χ4v) is 2.67. The summed E-state index contributed by atoms with van der Waals surface area (Å²) in [5.74, 6) is -1.11. The summed E-state index contributed by atoms with van der Waals surface area (Å²) in [4.78, 5) is 24.1. The molecule has 0 aromatic heterocycles. The number of aliphatic hydroxyl groups excluding tert-OH is 1. The highest BCUT2D eigenvalue weighted by Crippen LogP contribution is 2.45. The van der Waals surface area contributed by atoms with E-state index in [9.17, 15) is 20.0 Å². The first-order valence-corrected chi connectivity index (χ1v) is 6.91. The number of carbonyl (C=O) groups excluding carboxylic acids is 1.